The lowest BCUT2D eigenvalue weighted by Crippen LogP contribution is -2.36. The monoisotopic (exact) mass is 267 g/mol. The predicted octanol–water partition coefficient (Wildman–Crippen LogP) is 2.19. The molecular weight excluding hydrogens is 254 g/mol. The van der Waals surface area contributed by atoms with E-state index in [0.29, 0.717) is 31.2 Å². The van der Waals surface area contributed by atoms with Gasteiger partial charge in [-0.05, 0) is 30.7 Å². The van der Waals surface area contributed by atoms with Crippen molar-refractivity contribution in [3.63, 3.8) is 0 Å². The minimum atomic E-state index is -1.10. The lowest BCUT2D eigenvalue weighted by molar-refractivity contribution is -0.125. The highest BCUT2D eigenvalue weighted by Crippen LogP contribution is 2.33. The van der Waals surface area contributed by atoms with Gasteiger partial charge in [-0.15, -0.1) is 11.3 Å². The van der Waals surface area contributed by atoms with Gasteiger partial charge in [0.05, 0.1) is 5.69 Å². The lowest BCUT2D eigenvalue weighted by Gasteiger charge is -2.19. The van der Waals surface area contributed by atoms with Crippen LogP contribution in [0.2, 0.25) is 0 Å². The van der Waals surface area contributed by atoms with Crippen LogP contribution in [0, 0.1) is 6.92 Å². The maximum Gasteiger partial charge on any atom is 0.348 e. The Balaban J connectivity index is 2.51. The summed E-state index contributed by atoms with van der Waals surface area (Å²) in [4.78, 5) is 36.2. The summed E-state index contributed by atoms with van der Waals surface area (Å²) in [6.07, 6.45) is 1.93. The van der Waals surface area contributed by atoms with Gasteiger partial charge in [-0.25, -0.2) is 9.69 Å². The standard InChI is InChI=1S/C12H13NO4S/c1-7-6-18-11(12(16)17)10(7)13-8(14)4-2-3-5-9(13)15/h6H,2-5H2,1H3,(H,16,17). The molecule has 0 aliphatic carbocycles. The van der Waals surface area contributed by atoms with Gasteiger partial charge in [0.25, 0.3) is 0 Å². The molecule has 1 N–H and O–H groups in total. The first-order valence-corrected chi connectivity index (χ1v) is 6.57. The van der Waals surface area contributed by atoms with Crippen molar-refractivity contribution in [2.75, 3.05) is 4.90 Å². The van der Waals surface area contributed by atoms with E-state index in [1.807, 2.05) is 0 Å². The van der Waals surface area contributed by atoms with Crippen molar-refractivity contribution in [2.24, 2.45) is 0 Å². The summed E-state index contributed by atoms with van der Waals surface area (Å²) in [5.74, 6) is -1.71. The Kier molecular flexibility index (Phi) is 3.47. The van der Waals surface area contributed by atoms with Crippen LogP contribution in [0.3, 0.4) is 0 Å². The number of carbonyl (C=O) groups excluding carboxylic acids is 2. The number of rotatable bonds is 2. The van der Waals surface area contributed by atoms with Crippen LogP contribution in [0.1, 0.15) is 40.9 Å². The second kappa shape index (κ2) is 4.89. The van der Waals surface area contributed by atoms with Gasteiger partial charge < -0.3 is 5.11 Å². The summed E-state index contributed by atoms with van der Waals surface area (Å²) < 4.78 is 0. The normalized spacial score (nSPS) is 16.8. The number of hydrogen-bond acceptors (Lipinski definition) is 4. The van der Waals surface area contributed by atoms with Crippen molar-refractivity contribution < 1.29 is 19.5 Å². The molecule has 1 aliphatic heterocycles. The third kappa shape index (κ3) is 2.15. The number of aromatic carboxylic acids is 1. The molecule has 96 valence electrons. The molecule has 6 heteroatoms. The molecule has 0 atom stereocenters. The summed E-state index contributed by atoms with van der Waals surface area (Å²) in [6, 6.07) is 0. The van der Waals surface area contributed by atoms with Gasteiger partial charge in [-0.3, -0.25) is 9.59 Å². The number of hydrogen-bond donors (Lipinski definition) is 1. The molecule has 2 rings (SSSR count). The molecule has 2 amide bonds. The summed E-state index contributed by atoms with van der Waals surface area (Å²) >= 11 is 1.04. The average molecular weight is 267 g/mol. The molecule has 0 spiro atoms. The number of anilines is 1. The van der Waals surface area contributed by atoms with Crippen molar-refractivity contribution in [2.45, 2.75) is 32.6 Å². The lowest BCUT2D eigenvalue weighted by atomic mass is 10.2. The van der Waals surface area contributed by atoms with Crippen molar-refractivity contribution >= 4 is 34.8 Å². The average Bonchev–Trinajstić information content (AvgIpc) is 2.59. The summed E-state index contributed by atoms with van der Waals surface area (Å²) in [7, 11) is 0. The van der Waals surface area contributed by atoms with Crippen molar-refractivity contribution in [1.29, 1.82) is 0 Å². The van der Waals surface area contributed by atoms with E-state index in [-0.39, 0.29) is 22.4 Å². The predicted molar refractivity (Wildman–Crippen MR) is 67.0 cm³/mol. The van der Waals surface area contributed by atoms with Crippen LogP contribution >= 0.6 is 11.3 Å². The van der Waals surface area contributed by atoms with E-state index in [1.54, 1.807) is 12.3 Å². The fourth-order valence-electron chi connectivity index (χ4n) is 2.03. The van der Waals surface area contributed by atoms with Crippen LogP contribution in [0.5, 0.6) is 0 Å². The number of carboxylic acids is 1. The van der Waals surface area contributed by atoms with Crippen LogP contribution in [0.4, 0.5) is 5.69 Å². The highest BCUT2D eigenvalue weighted by Gasteiger charge is 2.31. The summed E-state index contributed by atoms with van der Waals surface area (Å²) in [5, 5.41) is 10.8. The van der Waals surface area contributed by atoms with Gasteiger partial charge >= 0.3 is 5.97 Å². The molecule has 0 saturated carbocycles. The molecule has 1 aliphatic rings. The highest BCUT2D eigenvalue weighted by atomic mass is 32.1. The Hall–Kier alpha value is -1.69. The first kappa shape index (κ1) is 12.8. The van der Waals surface area contributed by atoms with Crippen LogP contribution in [0.15, 0.2) is 5.38 Å². The molecule has 5 nitrogen and oxygen atoms in total. The second-order valence-electron chi connectivity index (χ2n) is 4.23. The largest absolute Gasteiger partial charge is 0.477 e. The molecule has 18 heavy (non-hydrogen) atoms. The van der Waals surface area contributed by atoms with E-state index < -0.39 is 5.97 Å². The number of thiophene rings is 1. The van der Waals surface area contributed by atoms with Crippen LogP contribution in [0.25, 0.3) is 0 Å². The van der Waals surface area contributed by atoms with Gasteiger partial charge in [0.1, 0.15) is 4.88 Å². The Morgan fingerprint density at radius 2 is 1.83 bits per heavy atom. The van der Waals surface area contributed by atoms with Crippen LogP contribution in [-0.4, -0.2) is 22.9 Å². The fourth-order valence-corrected chi connectivity index (χ4v) is 2.90. The van der Waals surface area contributed by atoms with E-state index in [9.17, 15) is 14.4 Å². The number of aryl methyl sites for hydroxylation is 1. The van der Waals surface area contributed by atoms with Crippen molar-refractivity contribution in [3.05, 3.63) is 15.8 Å². The third-order valence-electron chi connectivity index (χ3n) is 2.89. The molecule has 2 heterocycles. The zero-order valence-corrected chi connectivity index (χ0v) is 10.7. The van der Waals surface area contributed by atoms with Crippen molar-refractivity contribution in [3.8, 4) is 0 Å². The summed E-state index contributed by atoms with van der Waals surface area (Å²) in [6.45, 7) is 1.71. The number of amides is 2. The molecule has 0 bridgehead atoms. The summed E-state index contributed by atoms with van der Waals surface area (Å²) in [5.41, 5.74) is 0.908. The molecule has 1 fully saturated rings. The fraction of sp³-hybridized carbons (Fsp3) is 0.417. The van der Waals surface area contributed by atoms with Gasteiger partial charge in [0, 0.05) is 12.8 Å². The first-order valence-electron chi connectivity index (χ1n) is 5.69. The minimum absolute atomic E-state index is 0.0519. The Bertz CT molecular complexity index is 502. The van der Waals surface area contributed by atoms with Gasteiger partial charge in [-0.2, -0.15) is 0 Å². The molecule has 1 aromatic heterocycles. The van der Waals surface area contributed by atoms with Gasteiger partial charge in [-0.1, -0.05) is 0 Å². The number of nitrogens with zero attached hydrogens (tertiary/aromatic N) is 1. The molecule has 0 radical (unpaired) electrons. The van der Waals surface area contributed by atoms with E-state index in [2.05, 4.69) is 0 Å². The number of imide groups is 1. The number of carboxylic acid groups (broad SMARTS) is 1. The minimum Gasteiger partial charge on any atom is -0.477 e. The Morgan fingerprint density at radius 1 is 1.28 bits per heavy atom. The maximum atomic E-state index is 12.0. The van der Waals surface area contributed by atoms with Gasteiger partial charge in [0.2, 0.25) is 11.8 Å². The molecule has 1 aromatic rings. The zero-order chi connectivity index (χ0) is 13.3. The van der Waals surface area contributed by atoms with E-state index >= 15 is 0 Å². The third-order valence-corrected chi connectivity index (χ3v) is 3.97. The molecular formula is C12H13NO4S. The van der Waals surface area contributed by atoms with E-state index in [1.165, 1.54) is 0 Å². The Labute approximate surface area is 108 Å². The van der Waals surface area contributed by atoms with Gasteiger partial charge in [0.15, 0.2) is 0 Å². The maximum absolute atomic E-state index is 12.0. The molecule has 0 aromatic carbocycles. The Morgan fingerprint density at radius 3 is 2.33 bits per heavy atom. The second-order valence-corrected chi connectivity index (χ2v) is 5.11. The smallest absolute Gasteiger partial charge is 0.348 e. The molecule has 0 unspecified atom stereocenters. The van der Waals surface area contributed by atoms with Crippen LogP contribution in [-0.2, 0) is 9.59 Å². The first-order chi connectivity index (χ1) is 8.52. The SMILES string of the molecule is Cc1csc(C(=O)O)c1N1C(=O)CCCCC1=O. The number of carbonyl (C=O) groups is 3. The zero-order valence-electron chi connectivity index (χ0n) is 9.93. The highest BCUT2D eigenvalue weighted by molar-refractivity contribution is 7.12. The van der Waals surface area contributed by atoms with E-state index in [4.69, 9.17) is 5.11 Å². The van der Waals surface area contributed by atoms with E-state index in [0.717, 1.165) is 16.2 Å². The van der Waals surface area contributed by atoms with Crippen molar-refractivity contribution in [1.82, 2.24) is 0 Å². The molecule has 1 saturated heterocycles. The van der Waals surface area contributed by atoms with Crippen LogP contribution < -0.4 is 4.90 Å². The topological polar surface area (TPSA) is 74.7 Å². The quantitative estimate of drug-likeness (QED) is 0.833.